The number of nitrogens with one attached hydrogen (secondary N) is 1. The molecule has 2 fully saturated rings. The standard InChI is InChI=1S/C20H21N3O5S/c24-17(23-7-6-21-20(23)26)13-28-19(25)16-12-15(14-4-2-1-3-5-14)18(29-16)22-8-10-27-11-9-22/h1-5,12H,6-11,13H2,(H,21,26). The molecule has 2 aliphatic rings. The van der Waals surface area contributed by atoms with E-state index in [9.17, 15) is 14.4 Å². The van der Waals surface area contributed by atoms with Gasteiger partial charge in [-0.1, -0.05) is 30.3 Å². The number of urea groups is 1. The number of anilines is 1. The van der Waals surface area contributed by atoms with Crippen LogP contribution in [0, 0.1) is 0 Å². The summed E-state index contributed by atoms with van der Waals surface area (Å²) in [6, 6.07) is 11.2. The van der Waals surface area contributed by atoms with Crippen LogP contribution in [0.5, 0.6) is 0 Å². The Bertz CT molecular complexity index is 908. The average Bonchev–Trinajstić information content (AvgIpc) is 3.40. The third-order valence-electron chi connectivity index (χ3n) is 4.78. The normalized spacial score (nSPS) is 16.6. The van der Waals surface area contributed by atoms with E-state index in [-0.39, 0.29) is 6.54 Å². The third kappa shape index (κ3) is 4.25. The van der Waals surface area contributed by atoms with Crippen LogP contribution in [0.15, 0.2) is 36.4 Å². The lowest BCUT2D eigenvalue weighted by molar-refractivity contribution is -0.130. The number of imide groups is 1. The number of rotatable bonds is 5. The quantitative estimate of drug-likeness (QED) is 0.751. The predicted octanol–water partition coefficient (Wildman–Crippen LogP) is 1.96. The van der Waals surface area contributed by atoms with Gasteiger partial charge >= 0.3 is 12.0 Å². The average molecular weight is 415 g/mol. The molecule has 0 spiro atoms. The number of ether oxygens (including phenoxy) is 2. The molecule has 1 N–H and O–H groups in total. The Morgan fingerprint density at radius 2 is 1.90 bits per heavy atom. The minimum atomic E-state index is -0.570. The molecular formula is C20H21N3O5S. The van der Waals surface area contributed by atoms with Gasteiger partial charge in [-0.2, -0.15) is 0 Å². The number of thiophene rings is 1. The molecule has 2 aliphatic heterocycles. The van der Waals surface area contributed by atoms with Crippen molar-refractivity contribution in [1.29, 1.82) is 0 Å². The Kier molecular flexibility index (Phi) is 5.77. The van der Waals surface area contributed by atoms with E-state index in [1.165, 1.54) is 11.3 Å². The zero-order valence-electron chi connectivity index (χ0n) is 15.8. The molecule has 29 heavy (non-hydrogen) atoms. The first-order valence-corrected chi connectivity index (χ1v) is 10.2. The first-order valence-electron chi connectivity index (χ1n) is 9.41. The van der Waals surface area contributed by atoms with Crippen molar-refractivity contribution in [3.63, 3.8) is 0 Å². The fourth-order valence-electron chi connectivity index (χ4n) is 3.29. The topological polar surface area (TPSA) is 88.2 Å². The molecule has 9 heteroatoms. The monoisotopic (exact) mass is 415 g/mol. The summed E-state index contributed by atoms with van der Waals surface area (Å²) in [6.45, 7) is 3.00. The molecule has 4 rings (SSSR count). The van der Waals surface area contributed by atoms with Crippen LogP contribution in [0.25, 0.3) is 11.1 Å². The number of nitrogens with zero attached hydrogens (tertiary/aromatic N) is 2. The van der Waals surface area contributed by atoms with Crippen LogP contribution >= 0.6 is 11.3 Å². The molecule has 1 aromatic carbocycles. The smallest absolute Gasteiger partial charge is 0.348 e. The van der Waals surface area contributed by atoms with E-state index in [0.717, 1.165) is 34.1 Å². The molecule has 3 amide bonds. The first kappa shape index (κ1) is 19.4. The summed E-state index contributed by atoms with van der Waals surface area (Å²) >= 11 is 1.35. The Balaban J connectivity index is 1.52. The minimum Gasteiger partial charge on any atom is -0.451 e. The van der Waals surface area contributed by atoms with E-state index >= 15 is 0 Å². The van der Waals surface area contributed by atoms with Crippen molar-refractivity contribution in [2.24, 2.45) is 0 Å². The molecule has 8 nitrogen and oxygen atoms in total. The molecule has 0 unspecified atom stereocenters. The highest BCUT2D eigenvalue weighted by Crippen LogP contribution is 2.39. The highest BCUT2D eigenvalue weighted by molar-refractivity contribution is 7.18. The molecule has 3 heterocycles. The number of amides is 3. The van der Waals surface area contributed by atoms with Crippen molar-refractivity contribution in [2.75, 3.05) is 50.9 Å². The molecule has 0 aliphatic carbocycles. The Morgan fingerprint density at radius 1 is 1.14 bits per heavy atom. The molecular weight excluding hydrogens is 394 g/mol. The van der Waals surface area contributed by atoms with Crippen LogP contribution in [-0.4, -0.2) is 68.8 Å². The van der Waals surface area contributed by atoms with Gasteiger partial charge in [0.15, 0.2) is 6.61 Å². The van der Waals surface area contributed by atoms with Crippen LogP contribution in [0.4, 0.5) is 9.80 Å². The number of esters is 1. The van der Waals surface area contributed by atoms with Crippen molar-refractivity contribution in [1.82, 2.24) is 10.2 Å². The van der Waals surface area contributed by atoms with Crippen LogP contribution in [0.1, 0.15) is 9.67 Å². The lowest BCUT2D eigenvalue weighted by Crippen LogP contribution is -2.37. The van der Waals surface area contributed by atoms with Gasteiger partial charge in [0.25, 0.3) is 5.91 Å². The molecule has 0 radical (unpaired) electrons. The maximum absolute atomic E-state index is 12.6. The van der Waals surface area contributed by atoms with E-state index in [1.54, 1.807) is 6.07 Å². The maximum Gasteiger partial charge on any atom is 0.348 e. The minimum absolute atomic E-state index is 0.285. The molecule has 2 saturated heterocycles. The van der Waals surface area contributed by atoms with E-state index in [4.69, 9.17) is 9.47 Å². The van der Waals surface area contributed by atoms with Gasteiger partial charge < -0.3 is 19.7 Å². The number of hydrogen-bond acceptors (Lipinski definition) is 7. The van der Waals surface area contributed by atoms with E-state index in [2.05, 4.69) is 10.2 Å². The summed E-state index contributed by atoms with van der Waals surface area (Å²) in [5.41, 5.74) is 1.96. The van der Waals surface area contributed by atoms with Gasteiger partial charge in [0, 0.05) is 31.7 Å². The zero-order chi connectivity index (χ0) is 20.2. The van der Waals surface area contributed by atoms with Crippen molar-refractivity contribution in [2.45, 2.75) is 0 Å². The molecule has 2 aromatic rings. The second-order valence-corrected chi connectivity index (χ2v) is 7.68. The van der Waals surface area contributed by atoms with Gasteiger partial charge in [0.05, 0.1) is 18.2 Å². The van der Waals surface area contributed by atoms with Gasteiger partial charge in [0.1, 0.15) is 4.88 Å². The van der Waals surface area contributed by atoms with Gasteiger partial charge in [0.2, 0.25) is 0 Å². The highest BCUT2D eigenvalue weighted by atomic mass is 32.1. The number of hydrogen-bond donors (Lipinski definition) is 1. The summed E-state index contributed by atoms with van der Waals surface area (Å²) in [6.07, 6.45) is 0. The van der Waals surface area contributed by atoms with Crippen molar-refractivity contribution < 1.29 is 23.9 Å². The Hall–Kier alpha value is -2.91. The SMILES string of the molecule is O=C(OCC(=O)N1CCNC1=O)c1cc(-c2ccccc2)c(N2CCOCC2)s1. The van der Waals surface area contributed by atoms with Gasteiger partial charge in [-0.25, -0.2) is 9.59 Å². The van der Waals surface area contributed by atoms with Gasteiger partial charge in [-0.15, -0.1) is 11.3 Å². The fraction of sp³-hybridized carbons (Fsp3) is 0.350. The van der Waals surface area contributed by atoms with E-state index in [1.807, 2.05) is 30.3 Å². The second-order valence-electron chi connectivity index (χ2n) is 6.65. The van der Waals surface area contributed by atoms with Crippen molar-refractivity contribution in [3.8, 4) is 11.1 Å². The van der Waals surface area contributed by atoms with Crippen LogP contribution < -0.4 is 10.2 Å². The summed E-state index contributed by atoms with van der Waals surface area (Å²) in [5.74, 6) is -1.10. The predicted molar refractivity (Wildman–Crippen MR) is 108 cm³/mol. The zero-order valence-corrected chi connectivity index (χ0v) is 16.6. The maximum atomic E-state index is 12.6. The van der Waals surface area contributed by atoms with Crippen LogP contribution in [0.3, 0.4) is 0 Å². The fourth-order valence-corrected chi connectivity index (χ4v) is 4.42. The molecule has 152 valence electrons. The lowest BCUT2D eigenvalue weighted by atomic mass is 10.1. The van der Waals surface area contributed by atoms with Gasteiger partial charge in [-0.3, -0.25) is 9.69 Å². The Morgan fingerprint density at radius 3 is 2.59 bits per heavy atom. The number of benzene rings is 1. The van der Waals surface area contributed by atoms with E-state index < -0.39 is 24.5 Å². The molecule has 0 atom stereocenters. The van der Waals surface area contributed by atoms with E-state index in [0.29, 0.717) is 24.6 Å². The van der Waals surface area contributed by atoms with Crippen LogP contribution in [0.2, 0.25) is 0 Å². The Labute approximate surface area is 172 Å². The third-order valence-corrected chi connectivity index (χ3v) is 5.96. The summed E-state index contributed by atoms with van der Waals surface area (Å²) in [7, 11) is 0. The number of morpholine rings is 1. The van der Waals surface area contributed by atoms with Gasteiger partial charge in [-0.05, 0) is 11.6 Å². The first-order chi connectivity index (χ1) is 14.1. The molecule has 0 bridgehead atoms. The van der Waals surface area contributed by atoms with Crippen molar-refractivity contribution in [3.05, 3.63) is 41.3 Å². The summed E-state index contributed by atoms with van der Waals surface area (Å²) in [4.78, 5) is 39.9. The van der Waals surface area contributed by atoms with Crippen LogP contribution in [-0.2, 0) is 14.3 Å². The lowest BCUT2D eigenvalue weighted by Gasteiger charge is -2.28. The molecule has 0 saturated carbocycles. The number of carbonyl (C=O) groups excluding carboxylic acids is 3. The molecule has 1 aromatic heterocycles. The summed E-state index contributed by atoms with van der Waals surface area (Å²) in [5, 5.41) is 3.53. The largest absolute Gasteiger partial charge is 0.451 e. The van der Waals surface area contributed by atoms with Crippen molar-refractivity contribution >= 4 is 34.2 Å². The summed E-state index contributed by atoms with van der Waals surface area (Å²) < 4.78 is 10.6. The highest BCUT2D eigenvalue weighted by Gasteiger charge is 2.28. The second kappa shape index (κ2) is 8.62. The number of carbonyl (C=O) groups is 3.